The van der Waals surface area contributed by atoms with Gasteiger partial charge in [0.15, 0.2) is 5.65 Å². The molecule has 0 atom stereocenters. The van der Waals surface area contributed by atoms with Crippen LogP contribution in [0.3, 0.4) is 0 Å². The highest BCUT2D eigenvalue weighted by atomic mass is 32.1. The molecule has 0 amide bonds. The Labute approximate surface area is 73.3 Å². The van der Waals surface area contributed by atoms with Crippen molar-refractivity contribution < 1.29 is 0 Å². The zero-order valence-corrected chi connectivity index (χ0v) is 7.20. The first kappa shape index (κ1) is 7.23. The van der Waals surface area contributed by atoms with Gasteiger partial charge in [-0.15, -0.1) is 0 Å². The van der Waals surface area contributed by atoms with Crippen LogP contribution in [0.2, 0.25) is 0 Å². The number of rotatable bonds is 1. The number of aromatic nitrogens is 4. The number of hydrogen-bond donors (Lipinski definition) is 3. The predicted molar refractivity (Wildman–Crippen MR) is 48.6 cm³/mol. The summed E-state index contributed by atoms with van der Waals surface area (Å²) >= 11 is 5.05. The van der Waals surface area contributed by atoms with E-state index >= 15 is 0 Å². The van der Waals surface area contributed by atoms with Gasteiger partial charge in [-0.2, -0.15) is 4.98 Å². The zero-order valence-electron chi connectivity index (χ0n) is 6.38. The quantitative estimate of drug-likeness (QED) is 0.575. The summed E-state index contributed by atoms with van der Waals surface area (Å²) in [5.74, 6) is 0.625. The monoisotopic (exact) mass is 181 g/mol. The minimum absolute atomic E-state index is 0.613. The van der Waals surface area contributed by atoms with E-state index in [1.165, 1.54) is 0 Å². The van der Waals surface area contributed by atoms with Crippen molar-refractivity contribution in [3.8, 4) is 0 Å². The van der Waals surface area contributed by atoms with Gasteiger partial charge in [0.2, 0.25) is 5.95 Å². The molecular formula is C6H7N5S. The molecule has 2 heterocycles. The molecule has 0 unspecified atom stereocenters. The molecule has 0 fully saturated rings. The smallest absolute Gasteiger partial charge is 0.203 e. The number of fused-ring (bicyclic) bond motifs is 1. The molecule has 0 bridgehead atoms. The van der Waals surface area contributed by atoms with E-state index < -0.39 is 0 Å². The van der Waals surface area contributed by atoms with E-state index in [4.69, 9.17) is 12.2 Å². The fraction of sp³-hybridized carbons (Fsp3) is 0.167. The number of hydrogen-bond acceptors (Lipinski definition) is 4. The summed E-state index contributed by atoms with van der Waals surface area (Å²) in [6, 6.07) is 0. The molecule has 5 nitrogen and oxygen atoms in total. The van der Waals surface area contributed by atoms with Crippen LogP contribution in [0.4, 0.5) is 5.95 Å². The highest BCUT2D eigenvalue weighted by Crippen LogP contribution is 2.08. The van der Waals surface area contributed by atoms with Gasteiger partial charge in [-0.05, 0) is 0 Å². The van der Waals surface area contributed by atoms with Crippen molar-refractivity contribution in [2.24, 2.45) is 0 Å². The number of H-pyrrole nitrogens is 2. The normalized spacial score (nSPS) is 10.4. The Morgan fingerprint density at radius 1 is 1.58 bits per heavy atom. The Bertz CT molecular complexity index is 456. The predicted octanol–water partition coefficient (Wildman–Crippen LogP) is 1.06. The molecule has 2 aromatic rings. The van der Waals surface area contributed by atoms with Crippen LogP contribution in [0.15, 0.2) is 6.33 Å². The first-order valence-corrected chi connectivity index (χ1v) is 3.83. The van der Waals surface area contributed by atoms with E-state index in [-0.39, 0.29) is 0 Å². The van der Waals surface area contributed by atoms with Crippen LogP contribution in [0.5, 0.6) is 0 Å². The topological polar surface area (TPSA) is 69.4 Å². The van der Waals surface area contributed by atoms with Gasteiger partial charge in [0.05, 0.1) is 6.33 Å². The third-order valence-corrected chi connectivity index (χ3v) is 1.84. The van der Waals surface area contributed by atoms with Gasteiger partial charge in [0, 0.05) is 7.05 Å². The van der Waals surface area contributed by atoms with Crippen molar-refractivity contribution in [3.05, 3.63) is 11.0 Å². The second-order valence-electron chi connectivity index (χ2n) is 2.27. The lowest BCUT2D eigenvalue weighted by molar-refractivity contribution is 1.17. The van der Waals surface area contributed by atoms with E-state index in [9.17, 15) is 0 Å². The SMILES string of the molecule is CNc1nc2nc[nH]c2c(=S)[nH]1. The number of nitrogens with zero attached hydrogens (tertiary/aromatic N) is 2. The van der Waals surface area contributed by atoms with E-state index in [0.29, 0.717) is 16.2 Å². The van der Waals surface area contributed by atoms with Gasteiger partial charge in [-0.25, -0.2) is 4.98 Å². The number of aromatic amines is 2. The van der Waals surface area contributed by atoms with E-state index in [2.05, 4.69) is 25.3 Å². The van der Waals surface area contributed by atoms with Gasteiger partial charge in [0.25, 0.3) is 0 Å². The molecule has 3 N–H and O–H groups in total. The first-order valence-electron chi connectivity index (χ1n) is 3.42. The molecule has 6 heteroatoms. The molecule has 0 aromatic carbocycles. The maximum Gasteiger partial charge on any atom is 0.203 e. The standard InChI is InChI=1S/C6H7N5S/c1-7-6-10-4-3(5(12)11-6)8-2-9-4/h2H,1H3,(H3,7,8,9,10,11,12). The highest BCUT2D eigenvalue weighted by molar-refractivity contribution is 7.71. The van der Waals surface area contributed by atoms with Crippen LogP contribution in [0.1, 0.15) is 0 Å². The first-order chi connectivity index (χ1) is 5.81. The highest BCUT2D eigenvalue weighted by Gasteiger charge is 2.00. The lowest BCUT2D eigenvalue weighted by Crippen LogP contribution is -1.96. The molecule has 2 rings (SSSR count). The van der Waals surface area contributed by atoms with Crippen LogP contribution in [0.25, 0.3) is 11.2 Å². The van der Waals surface area contributed by atoms with Gasteiger partial charge in [-0.3, -0.25) is 0 Å². The molecule has 0 saturated heterocycles. The van der Waals surface area contributed by atoms with Crippen LogP contribution < -0.4 is 5.32 Å². The second-order valence-corrected chi connectivity index (χ2v) is 2.67. The molecule has 0 spiro atoms. The van der Waals surface area contributed by atoms with Crippen molar-refractivity contribution in [1.82, 2.24) is 19.9 Å². The third-order valence-electron chi connectivity index (χ3n) is 1.53. The molecule has 0 aliphatic rings. The summed E-state index contributed by atoms with van der Waals surface area (Å²) in [4.78, 5) is 13.9. The summed E-state index contributed by atoms with van der Waals surface area (Å²) in [6.45, 7) is 0. The number of imidazole rings is 1. The average Bonchev–Trinajstić information content (AvgIpc) is 2.52. The minimum atomic E-state index is 0.613. The molecule has 0 saturated carbocycles. The second kappa shape index (κ2) is 2.56. The Balaban J connectivity index is 2.84. The van der Waals surface area contributed by atoms with Gasteiger partial charge in [0.1, 0.15) is 10.2 Å². The summed E-state index contributed by atoms with van der Waals surface area (Å²) in [6.07, 6.45) is 1.57. The summed E-state index contributed by atoms with van der Waals surface area (Å²) in [7, 11) is 1.77. The van der Waals surface area contributed by atoms with Gasteiger partial charge < -0.3 is 15.3 Å². The van der Waals surface area contributed by atoms with E-state index in [1.54, 1.807) is 13.4 Å². The number of anilines is 1. The molecule has 2 aromatic heterocycles. The Hall–Kier alpha value is -1.43. The molecule has 12 heavy (non-hydrogen) atoms. The average molecular weight is 181 g/mol. The van der Waals surface area contributed by atoms with Crippen LogP contribution in [0, 0.1) is 4.64 Å². The lowest BCUT2D eigenvalue weighted by Gasteiger charge is -1.97. The molecular weight excluding hydrogens is 174 g/mol. The fourth-order valence-electron chi connectivity index (χ4n) is 0.961. The van der Waals surface area contributed by atoms with Crippen molar-refractivity contribution in [3.63, 3.8) is 0 Å². The Kier molecular flexibility index (Phi) is 1.54. The molecule has 0 radical (unpaired) electrons. The number of nitrogens with one attached hydrogen (secondary N) is 3. The summed E-state index contributed by atoms with van der Waals surface area (Å²) < 4.78 is 0.613. The summed E-state index contributed by atoms with van der Waals surface area (Å²) in [5, 5.41) is 2.86. The largest absolute Gasteiger partial charge is 0.359 e. The van der Waals surface area contributed by atoms with Gasteiger partial charge in [-0.1, -0.05) is 12.2 Å². The molecule has 0 aliphatic carbocycles. The minimum Gasteiger partial charge on any atom is -0.359 e. The lowest BCUT2D eigenvalue weighted by atomic mass is 10.6. The van der Waals surface area contributed by atoms with Crippen molar-refractivity contribution in [2.45, 2.75) is 0 Å². The van der Waals surface area contributed by atoms with E-state index in [1.807, 2.05) is 0 Å². The maximum absolute atomic E-state index is 5.05. The van der Waals surface area contributed by atoms with Crippen LogP contribution >= 0.6 is 12.2 Å². The van der Waals surface area contributed by atoms with Crippen molar-refractivity contribution in [1.29, 1.82) is 0 Å². The summed E-state index contributed by atoms with van der Waals surface area (Å²) in [5.41, 5.74) is 1.40. The van der Waals surface area contributed by atoms with E-state index in [0.717, 1.165) is 5.52 Å². The van der Waals surface area contributed by atoms with Crippen LogP contribution in [-0.4, -0.2) is 27.0 Å². The maximum atomic E-state index is 5.05. The van der Waals surface area contributed by atoms with Crippen LogP contribution in [-0.2, 0) is 0 Å². The molecule has 62 valence electrons. The van der Waals surface area contributed by atoms with Gasteiger partial charge >= 0.3 is 0 Å². The Morgan fingerprint density at radius 3 is 3.17 bits per heavy atom. The van der Waals surface area contributed by atoms with Crippen molar-refractivity contribution in [2.75, 3.05) is 12.4 Å². The third kappa shape index (κ3) is 0.964. The zero-order chi connectivity index (χ0) is 8.55. The molecule has 0 aliphatic heterocycles. The van der Waals surface area contributed by atoms with Crippen molar-refractivity contribution >= 4 is 29.3 Å². The Morgan fingerprint density at radius 2 is 2.42 bits per heavy atom. The fourth-order valence-corrected chi connectivity index (χ4v) is 1.21.